The van der Waals surface area contributed by atoms with Crippen LogP contribution in [-0.4, -0.2) is 65.2 Å². The van der Waals surface area contributed by atoms with E-state index in [1.165, 1.54) is 5.56 Å². The van der Waals surface area contributed by atoms with Crippen LogP contribution in [0.25, 0.3) is 11.1 Å². The molecule has 0 aliphatic carbocycles. The zero-order valence-corrected chi connectivity index (χ0v) is 28.4. The molecule has 6 rings (SSSR count). The number of amides is 2. The van der Waals surface area contributed by atoms with Gasteiger partial charge in [-0.3, -0.25) is 14.5 Å². The van der Waals surface area contributed by atoms with Crippen molar-refractivity contribution in [3.8, 4) is 11.1 Å². The van der Waals surface area contributed by atoms with E-state index in [0.717, 1.165) is 39.9 Å². The van der Waals surface area contributed by atoms with Crippen LogP contribution < -0.4 is 5.32 Å². The highest BCUT2D eigenvalue weighted by Crippen LogP contribution is 2.39. The third-order valence-electron chi connectivity index (χ3n) is 9.39. The second kappa shape index (κ2) is 16.2. The van der Waals surface area contributed by atoms with Crippen molar-refractivity contribution in [3.05, 3.63) is 131 Å². The molecule has 4 aromatic rings. The Kier molecular flexibility index (Phi) is 11.5. The number of benzene rings is 4. The number of carbonyl (C=O) groups is 2. The van der Waals surface area contributed by atoms with Crippen LogP contribution in [0, 0.1) is 0 Å². The summed E-state index contributed by atoms with van der Waals surface area (Å²) in [6.45, 7) is 1.49. The Morgan fingerprint density at radius 2 is 1.57 bits per heavy atom. The van der Waals surface area contributed by atoms with Crippen LogP contribution in [0.2, 0.25) is 0 Å². The number of hydrogen-bond donors (Lipinski definition) is 2. The largest absolute Gasteiger partial charge is 0.471 e. The minimum atomic E-state index is -5.02. The Morgan fingerprint density at radius 3 is 2.27 bits per heavy atom. The van der Waals surface area contributed by atoms with Gasteiger partial charge in [0.2, 0.25) is 5.91 Å². The predicted octanol–water partition coefficient (Wildman–Crippen LogP) is 6.69. The number of ether oxygens (including phenoxy) is 2. The summed E-state index contributed by atoms with van der Waals surface area (Å²) in [6, 6.07) is 32.4. The van der Waals surface area contributed by atoms with Gasteiger partial charge in [0.15, 0.2) is 6.29 Å². The predicted molar refractivity (Wildman–Crippen MR) is 186 cm³/mol. The van der Waals surface area contributed by atoms with Gasteiger partial charge in [0, 0.05) is 38.2 Å². The molecule has 4 atom stereocenters. The van der Waals surface area contributed by atoms with E-state index in [-0.39, 0.29) is 38.3 Å². The molecule has 0 radical (unpaired) electrons. The van der Waals surface area contributed by atoms with Crippen molar-refractivity contribution in [2.45, 2.75) is 69.7 Å². The molecule has 51 heavy (non-hydrogen) atoms. The number of halogens is 3. The molecule has 8 nitrogen and oxygen atoms in total. The molecule has 0 bridgehead atoms. The van der Waals surface area contributed by atoms with Gasteiger partial charge in [-0.25, -0.2) is 0 Å². The topological polar surface area (TPSA) is 91.3 Å². The fourth-order valence-corrected chi connectivity index (χ4v) is 6.79. The number of likely N-dealkylation sites (N-methyl/N-ethyl adjacent to an activating group) is 1. The van der Waals surface area contributed by atoms with Gasteiger partial charge in [-0.05, 0) is 59.3 Å². The number of likely N-dealkylation sites (tertiary alicyclic amines) is 1. The van der Waals surface area contributed by atoms with Gasteiger partial charge >= 0.3 is 12.1 Å². The Balaban J connectivity index is 1.12. The van der Waals surface area contributed by atoms with Crippen LogP contribution >= 0.6 is 0 Å². The third kappa shape index (κ3) is 9.22. The highest BCUT2D eigenvalue weighted by Gasteiger charge is 2.47. The quantitative estimate of drug-likeness (QED) is 0.181. The lowest BCUT2D eigenvalue weighted by molar-refractivity contribution is -0.252. The average molecular weight is 702 g/mol. The molecule has 2 aliphatic rings. The minimum Gasteiger partial charge on any atom is -0.392 e. The fourth-order valence-electron chi connectivity index (χ4n) is 6.79. The molecule has 268 valence electrons. The monoisotopic (exact) mass is 701 g/mol. The lowest BCUT2D eigenvalue weighted by atomic mass is 9.99. The Labute approximate surface area is 295 Å². The standard InChI is InChI=1S/C40H42F3N3O5/c1-45(24-27-7-3-2-4-8-27)25-34-22-36(31-14-12-28(26-47)13-15-31)51-38(50-34)32-18-16-30(17-19-32)33-10-5-9-29(21-33)23-44-37(48)35-11-6-20-46(35)39(49)40(41,42)43/h2-5,7-10,12-19,21,34-36,38,47H,6,11,20,22-26H2,1H3,(H,44,48)/t34-,35+,36+,38+/m1/s1. The number of aliphatic hydroxyl groups is 1. The van der Waals surface area contributed by atoms with Crippen LogP contribution in [0.1, 0.15) is 59.5 Å². The van der Waals surface area contributed by atoms with E-state index in [9.17, 15) is 27.9 Å². The lowest BCUT2D eigenvalue weighted by Gasteiger charge is -2.38. The number of rotatable bonds is 11. The first-order chi connectivity index (χ1) is 24.6. The Morgan fingerprint density at radius 1 is 0.863 bits per heavy atom. The highest BCUT2D eigenvalue weighted by molar-refractivity contribution is 5.90. The van der Waals surface area contributed by atoms with Gasteiger partial charge in [-0.15, -0.1) is 0 Å². The molecule has 2 fully saturated rings. The summed E-state index contributed by atoms with van der Waals surface area (Å²) in [4.78, 5) is 27.5. The molecular formula is C40H42F3N3O5. The first kappa shape index (κ1) is 36.2. The van der Waals surface area contributed by atoms with Gasteiger partial charge in [0.1, 0.15) is 6.04 Å². The van der Waals surface area contributed by atoms with Crippen molar-refractivity contribution >= 4 is 11.8 Å². The molecule has 0 unspecified atom stereocenters. The Bertz CT molecular complexity index is 1770. The zero-order valence-electron chi connectivity index (χ0n) is 28.4. The first-order valence-corrected chi connectivity index (χ1v) is 17.1. The summed E-state index contributed by atoms with van der Waals surface area (Å²) in [5.74, 6) is -2.58. The van der Waals surface area contributed by atoms with Crippen LogP contribution in [0.3, 0.4) is 0 Å². The number of alkyl halides is 3. The number of carbonyl (C=O) groups excluding carboxylic acids is 2. The van der Waals surface area contributed by atoms with Crippen LogP contribution in [0.15, 0.2) is 103 Å². The summed E-state index contributed by atoms with van der Waals surface area (Å²) in [5.41, 5.74) is 6.54. The van der Waals surface area contributed by atoms with Gasteiger partial charge in [-0.1, -0.05) is 97.1 Å². The summed E-state index contributed by atoms with van der Waals surface area (Å²) in [6.07, 6.45) is -4.73. The van der Waals surface area contributed by atoms with Gasteiger partial charge in [-0.2, -0.15) is 13.2 Å². The van der Waals surface area contributed by atoms with Crippen LogP contribution in [-0.2, 0) is 38.8 Å². The maximum absolute atomic E-state index is 13.0. The van der Waals surface area contributed by atoms with Crippen molar-refractivity contribution in [3.63, 3.8) is 0 Å². The van der Waals surface area contributed by atoms with Gasteiger partial charge in [0.05, 0.1) is 18.8 Å². The molecule has 0 aromatic heterocycles. The SMILES string of the molecule is CN(Cc1ccccc1)C[C@H]1C[C@@H](c2ccc(CO)cc2)O[C@@H](c2ccc(-c3cccc(CNC(=O)[C@@H]4CCCN4C(=O)C(F)(F)F)c3)cc2)O1. The molecule has 11 heteroatoms. The first-order valence-electron chi connectivity index (χ1n) is 17.1. The molecule has 0 saturated carbocycles. The second-order valence-corrected chi connectivity index (χ2v) is 13.2. The van der Waals surface area contributed by atoms with E-state index in [1.807, 2.05) is 91.0 Å². The van der Waals surface area contributed by atoms with Crippen molar-refractivity contribution in [2.75, 3.05) is 20.1 Å². The van der Waals surface area contributed by atoms with E-state index >= 15 is 0 Å². The van der Waals surface area contributed by atoms with E-state index in [0.29, 0.717) is 24.3 Å². The lowest BCUT2D eigenvalue weighted by Crippen LogP contribution is -2.50. The van der Waals surface area contributed by atoms with Crippen LogP contribution in [0.4, 0.5) is 13.2 Å². The van der Waals surface area contributed by atoms with E-state index in [4.69, 9.17) is 9.47 Å². The van der Waals surface area contributed by atoms with Gasteiger partial charge < -0.3 is 24.8 Å². The molecule has 2 aliphatic heterocycles. The van der Waals surface area contributed by atoms with Crippen LogP contribution in [0.5, 0.6) is 0 Å². The molecular weight excluding hydrogens is 659 g/mol. The third-order valence-corrected chi connectivity index (χ3v) is 9.39. The fraction of sp³-hybridized carbons (Fsp3) is 0.350. The summed E-state index contributed by atoms with van der Waals surface area (Å²) in [5, 5.41) is 12.2. The number of nitrogens with zero attached hydrogens (tertiary/aromatic N) is 2. The van der Waals surface area contributed by atoms with Gasteiger partial charge in [0.25, 0.3) is 0 Å². The molecule has 4 aromatic carbocycles. The maximum Gasteiger partial charge on any atom is 0.471 e. The molecule has 2 saturated heterocycles. The summed E-state index contributed by atoms with van der Waals surface area (Å²) >= 11 is 0. The number of hydrogen-bond acceptors (Lipinski definition) is 6. The maximum atomic E-state index is 13.0. The van der Waals surface area contributed by atoms with Crippen molar-refractivity contribution in [1.29, 1.82) is 0 Å². The smallest absolute Gasteiger partial charge is 0.392 e. The highest BCUT2D eigenvalue weighted by atomic mass is 19.4. The van der Waals surface area contributed by atoms with Crippen molar-refractivity contribution in [1.82, 2.24) is 15.1 Å². The van der Waals surface area contributed by atoms with Crippen molar-refractivity contribution < 1.29 is 37.3 Å². The minimum absolute atomic E-state index is 0.0267. The normalized spacial score (nSPS) is 20.8. The molecule has 0 spiro atoms. The van der Waals surface area contributed by atoms with E-state index < -0.39 is 30.3 Å². The average Bonchev–Trinajstić information content (AvgIpc) is 3.64. The summed E-state index contributed by atoms with van der Waals surface area (Å²) < 4.78 is 52.1. The van der Waals surface area contributed by atoms with E-state index in [1.54, 1.807) is 0 Å². The number of aliphatic hydroxyl groups excluding tert-OH is 1. The zero-order chi connectivity index (χ0) is 36.0. The number of nitrogens with one attached hydrogen (secondary N) is 1. The molecule has 2 N–H and O–H groups in total. The summed E-state index contributed by atoms with van der Waals surface area (Å²) in [7, 11) is 2.08. The van der Waals surface area contributed by atoms with E-state index in [2.05, 4.69) is 29.4 Å². The second-order valence-electron chi connectivity index (χ2n) is 13.2. The molecule has 2 amide bonds. The van der Waals surface area contributed by atoms with Crippen molar-refractivity contribution in [2.24, 2.45) is 0 Å². The Hall–Kier alpha value is -4.55. The molecule has 2 heterocycles.